The van der Waals surface area contributed by atoms with Crippen molar-refractivity contribution in [1.29, 1.82) is 0 Å². The number of carbonyl (C=O) groups is 3. The summed E-state index contributed by atoms with van der Waals surface area (Å²) in [5, 5.41) is 22.6. The number of nitrogens with one attached hydrogen (secondary N) is 1. The molecule has 4 aromatic rings. The molecular formula is C30H26N2O5. The lowest BCUT2D eigenvalue weighted by Crippen LogP contribution is -2.41. The zero-order chi connectivity index (χ0) is 26.1. The number of ketones is 1. The summed E-state index contributed by atoms with van der Waals surface area (Å²) in [5.41, 5.74) is 3.41. The molecule has 1 fully saturated rings. The van der Waals surface area contributed by atoms with Crippen molar-refractivity contribution >= 4 is 28.6 Å². The van der Waals surface area contributed by atoms with E-state index in [1.54, 1.807) is 18.2 Å². The van der Waals surface area contributed by atoms with Crippen LogP contribution in [0.1, 0.15) is 62.7 Å². The Kier molecular flexibility index (Phi) is 6.44. The maximum absolute atomic E-state index is 13.0. The number of amides is 1. The molecule has 1 amide bonds. The van der Waals surface area contributed by atoms with Gasteiger partial charge in [-0.3, -0.25) is 9.59 Å². The lowest BCUT2D eigenvalue weighted by molar-refractivity contribution is -0.118. The Morgan fingerprint density at radius 1 is 0.946 bits per heavy atom. The lowest BCUT2D eigenvalue weighted by atomic mass is 9.99. The molecule has 0 radical (unpaired) electrons. The van der Waals surface area contributed by atoms with Crippen LogP contribution in [0.5, 0.6) is 5.75 Å². The molecule has 3 aromatic carbocycles. The van der Waals surface area contributed by atoms with Crippen molar-refractivity contribution in [1.82, 2.24) is 10.3 Å². The second-order valence-corrected chi connectivity index (χ2v) is 9.50. The summed E-state index contributed by atoms with van der Waals surface area (Å²) in [7, 11) is 0. The highest BCUT2D eigenvalue weighted by molar-refractivity contribution is 6.06. The molecule has 37 heavy (non-hydrogen) atoms. The summed E-state index contributed by atoms with van der Waals surface area (Å²) >= 11 is 0. The number of pyridine rings is 1. The summed E-state index contributed by atoms with van der Waals surface area (Å²) in [6.07, 6.45) is 1.23. The zero-order valence-electron chi connectivity index (χ0n) is 20.2. The van der Waals surface area contributed by atoms with Crippen molar-refractivity contribution in [2.75, 3.05) is 0 Å². The van der Waals surface area contributed by atoms with E-state index in [0.29, 0.717) is 22.7 Å². The molecule has 1 saturated carbocycles. The summed E-state index contributed by atoms with van der Waals surface area (Å²) in [6.45, 7) is 1.38. The predicted octanol–water partition coefficient (Wildman–Crippen LogP) is 4.84. The molecule has 7 nitrogen and oxygen atoms in total. The summed E-state index contributed by atoms with van der Waals surface area (Å²) in [4.78, 5) is 41.8. The summed E-state index contributed by atoms with van der Waals surface area (Å²) in [5.74, 6) is -1.20. The van der Waals surface area contributed by atoms with Gasteiger partial charge in [-0.25, -0.2) is 9.78 Å². The van der Waals surface area contributed by atoms with Gasteiger partial charge in [0.1, 0.15) is 11.4 Å². The van der Waals surface area contributed by atoms with E-state index in [1.165, 1.54) is 30.7 Å². The number of hydrogen-bond donors (Lipinski definition) is 3. The van der Waals surface area contributed by atoms with E-state index in [2.05, 4.69) is 22.4 Å². The van der Waals surface area contributed by atoms with Crippen LogP contribution < -0.4 is 5.32 Å². The fourth-order valence-electron chi connectivity index (χ4n) is 4.80. The van der Waals surface area contributed by atoms with Crippen molar-refractivity contribution in [3.05, 3.63) is 107 Å². The molecule has 1 aliphatic rings. The molecule has 1 aromatic heterocycles. The van der Waals surface area contributed by atoms with Crippen LogP contribution in [-0.4, -0.2) is 38.9 Å². The number of carboxylic acids is 1. The van der Waals surface area contributed by atoms with Gasteiger partial charge in [0, 0.05) is 5.39 Å². The van der Waals surface area contributed by atoms with Gasteiger partial charge in [-0.05, 0) is 78.6 Å². The summed E-state index contributed by atoms with van der Waals surface area (Å²) in [6, 6.07) is 22.6. The lowest BCUT2D eigenvalue weighted by Gasteiger charge is -2.16. The van der Waals surface area contributed by atoms with Gasteiger partial charge < -0.3 is 15.5 Å². The minimum Gasteiger partial charge on any atom is -0.508 e. The van der Waals surface area contributed by atoms with Crippen LogP contribution >= 0.6 is 0 Å². The minimum atomic E-state index is -1.15. The van der Waals surface area contributed by atoms with Gasteiger partial charge in [0.15, 0.2) is 5.78 Å². The smallest absolute Gasteiger partial charge is 0.336 e. The molecule has 3 N–H and O–H groups in total. The first-order valence-electron chi connectivity index (χ1n) is 12.1. The van der Waals surface area contributed by atoms with E-state index in [1.807, 2.05) is 30.3 Å². The Bertz CT molecular complexity index is 1500. The van der Waals surface area contributed by atoms with Gasteiger partial charge >= 0.3 is 5.97 Å². The molecule has 7 heteroatoms. The third kappa shape index (κ3) is 5.21. The maximum Gasteiger partial charge on any atom is 0.336 e. The van der Waals surface area contributed by atoms with Crippen LogP contribution in [0.15, 0.2) is 78.9 Å². The SMILES string of the molecule is CC(=O)C(Cc1ccc(O)cc1)NC(=O)c1cc(C(=O)O)c2cc(C3CC3c3ccccc3)ccc2n1. The first-order chi connectivity index (χ1) is 17.8. The van der Waals surface area contributed by atoms with E-state index >= 15 is 0 Å². The van der Waals surface area contributed by atoms with Crippen LogP contribution in [0.3, 0.4) is 0 Å². The average molecular weight is 495 g/mol. The molecule has 0 aliphatic heterocycles. The molecule has 5 rings (SSSR count). The fourth-order valence-corrected chi connectivity index (χ4v) is 4.80. The molecule has 1 heterocycles. The number of nitrogens with zero attached hydrogens (tertiary/aromatic N) is 1. The van der Waals surface area contributed by atoms with Crippen molar-refractivity contribution in [3.63, 3.8) is 0 Å². The van der Waals surface area contributed by atoms with Gasteiger partial charge in [0.25, 0.3) is 5.91 Å². The Labute approximate surface area is 213 Å². The number of aromatic nitrogens is 1. The molecule has 3 atom stereocenters. The Hall–Kier alpha value is -4.52. The number of Topliss-reactive ketones (excluding diaryl/α,β-unsaturated/α-hetero) is 1. The highest BCUT2D eigenvalue weighted by Gasteiger charge is 2.39. The Balaban J connectivity index is 1.40. The second-order valence-electron chi connectivity index (χ2n) is 9.50. The van der Waals surface area contributed by atoms with Gasteiger partial charge in [0.2, 0.25) is 0 Å². The van der Waals surface area contributed by atoms with Gasteiger partial charge in [-0.15, -0.1) is 0 Å². The van der Waals surface area contributed by atoms with Crippen molar-refractivity contribution in [2.45, 2.75) is 37.6 Å². The van der Waals surface area contributed by atoms with E-state index < -0.39 is 17.9 Å². The van der Waals surface area contributed by atoms with Gasteiger partial charge in [-0.1, -0.05) is 48.5 Å². The highest BCUT2D eigenvalue weighted by Crippen LogP contribution is 2.54. The third-order valence-electron chi connectivity index (χ3n) is 6.91. The Morgan fingerprint density at radius 3 is 2.32 bits per heavy atom. The third-order valence-corrected chi connectivity index (χ3v) is 6.91. The quantitative estimate of drug-likeness (QED) is 0.323. The number of phenols is 1. The van der Waals surface area contributed by atoms with Gasteiger partial charge in [-0.2, -0.15) is 0 Å². The number of rotatable bonds is 8. The number of phenolic OH excluding ortho intramolecular Hbond substituents is 1. The number of carboxylic acid groups (broad SMARTS) is 1. The van der Waals surface area contributed by atoms with Crippen LogP contribution in [0.4, 0.5) is 0 Å². The van der Waals surface area contributed by atoms with E-state index in [4.69, 9.17) is 0 Å². The molecule has 0 bridgehead atoms. The number of benzene rings is 3. The van der Waals surface area contributed by atoms with Crippen molar-refractivity contribution < 1.29 is 24.6 Å². The average Bonchev–Trinajstić information content (AvgIpc) is 3.70. The van der Waals surface area contributed by atoms with Crippen LogP contribution in [0, 0.1) is 0 Å². The molecule has 1 aliphatic carbocycles. The van der Waals surface area contributed by atoms with E-state index in [-0.39, 0.29) is 29.2 Å². The monoisotopic (exact) mass is 494 g/mol. The topological polar surface area (TPSA) is 117 Å². The largest absolute Gasteiger partial charge is 0.508 e. The Morgan fingerprint density at radius 2 is 1.65 bits per heavy atom. The molecular weight excluding hydrogens is 468 g/mol. The maximum atomic E-state index is 13.0. The molecule has 0 saturated heterocycles. The molecule has 0 spiro atoms. The van der Waals surface area contributed by atoms with Crippen molar-refractivity contribution in [3.8, 4) is 5.75 Å². The number of fused-ring (bicyclic) bond motifs is 1. The highest BCUT2D eigenvalue weighted by atomic mass is 16.4. The van der Waals surface area contributed by atoms with Crippen molar-refractivity contribution in [2.24, 2.45) is 0 Å². The molecule has 3 unspecified atom stereocenters. The fraction of sp³-hybridized carbons (Fsp3) is 0.200. The zero-order valence-corrected chi connectivity index (χ0v) is 20.2. The number of carbonyl (C=O) groups excluding carboxylic acids is 2. The first-order valence-corrected chi connectivity index (χ1v) is 12.1. The number of aromatic hydroxyl groups is 1. The van der Waals surface area contributed by atoms with E-state index in [9.17, 15) is 24.6 Å². The van der Waals surface area contributed by atoms with Crippen LogP contribution in [-0.2, 0) is 11.2 Å². The standard InChI is InChI=1S/C30H26N2O5/c1-17(33)27(13-18-7-10-21(34)11-8-18)32-29(35)28-16-25(30(36)37)24-14-20(9-12-26(24)31-28)23-15-22(23)19-5-3-2-4-6-19/h2-12,14,16,22-23,27,34H,13,15H2,1H3,(H,32,35)(H,36,37). The summed E-state index contributed by atoms with van der Waals surface area (Å²) < 4.78 is 0. The van der Waals surface area contributed by atoms with Gasteiger partial charge in [0.05, 0.1) is 17.1 Å². The predicted molar refractivity (Wildman–Crippen MR) is 139 cm³/mol. The number of hydrogen-bond acceptors (Lipinski definition) is 5. The van der Waals surface area contributed by atoms with Crippen LogP contribution in [0.2, 0.25) is 0 Å². The van der Waals surface area contributed by atoms with Crippen LogP contribution in [0.25, 0.3) is 10.9 Å². The number of aromatic carboxylic acids is 1. The minimum absolute atomic E-state index is 0.00757. The van der Waals surface area contributed by atoms with E-state index in [0.717, 1.165) is 17.5 Å². The second kappa shape index (κ2) is 9.85. The molecule has 186 valence electrons. The first kappa shape index (κ1) is 24.2. The normalized spacial score (nSPS) is 17.2.